The van der Waals surface area contributed by atoms with Crippen LogP contribution in [0.3, 0.4) is 0 Å². The fourth-order valence-electron chi connectivity index (χ4n) is 4.69. The van der Waals surface area contributed by atoms with Crippen LogP contribution in [0.25, 0.3) is 11.3 Å². The summed E-state index contributed by atoms with van der Waals surface area (Å²) in [5.41, 5.74) is 0.568. The van der Waals surface area contributed by atoms with E-state index in [0.717, 1.165) is 23.2 Å². The highest BCUT2D eigenvalue weighted by Gasteiger charge is 2.40. The summed E-state index contributed by atoms with van der Waals surface area (Å²) in [5.74, 6) is -0.914. The molecule has 1 aromatic heterocycles. The molecule has 3 atom stereocenters. The number of fused-ring (bicyclic) bond motifs is 2. The number of aromatic nitrogens is 1. The van der Waals surface area contributed by atoms with Crippen molar-refractivity contribution in [3.05, 3.63) is 77.2 Å². The highest BCUT2D eigenvalue weighted by molar-refractivity contribution is 7.90. The first kappa shape index (κ1) is 21.2. The van der Waals surface area contributed by atoms with Gasteiger partial charge in [0.25, 0.3) is 15.9 Å². The summed E-state index contributed by atoms with van der Waals surface area (Å²) in [6.45, 7) is 0. The Morgan fingerprint density at radius 1 is 1.12 bits per heavy atom. The Morgan fingerprint density at radius 2 is 1.94 bits per heavy atom. The first-order valence-electron chi connectivity index (χ1n) is 10.4. The van der Waals surface area contributed by atoms with Crippen molar-refractivity contribution < 1.29 is 17.6 Å². The number of halogens is 2. The third kappa shape index (κ3) is 3.72. The summed E-state index contributed by atoms with van der Waals surface area (Å²) < 4.78 is 41.9. The van der Waals surface area contributed by atoms with Gasteiger partial charge in [0, 0.05) is 34.9 Å². The van der Waals surface area contributed by atoms with Crippen molar-refractivity contribution in [2.75, 3.05) is 0 Å². The van der Waals surface area contributed by atoms with Crippen molar-refractivity contribution in [1.82, 2.24) is 14.6 Å². The van der Waals surface area contributed by atoms with Crippen LogP contribution in [0.4, 0.5) is 4.39 Å². The molecular weight excluding hydrogens is 453 g/mol. The average Bonchev–Trinajstić information content (AvgIpc) is 3.49. The first-order chi connectivity index (χ1) is 15.3. The summed E-state index contributed by atoms with van der Waals surface area (Å²) in [5, 5.41) is 6.78. The van der Waals surface area contributed by atoms with Crippen LogP contribution >= 0.6 is 11.6 Å². The highest BCUT2D eigenvalue weighted by atomic mass is 35.5. The molecule has 2 saturated heterocycles. The van der Waals surface area contributed by atoms with Crippen molar-refractivity contribution in [2.24, 2.45) is 0 Å². The molecule has 2 bridgehead atoms. The zero-order valence-corrected chi connectivity index (χ0v) is 18.5. The predicted molar refractivity (Wildman–Crippen MR) is 120 cm³/mol. The van der Waals surface area contributed by atoms with E-state index in [1.807, 2.05) is 0 Å². The Morgan fingerprint density at radius 3 is 2.62 bits per heavy atom. The lowest BCUT2D eigenvalue weighted by Gasteiger charge is -2.22. The molecule has 0 saturated carbocycles. The van der Waals surface area contributed by atoms with Crippen molar-refractivity contribution in [3.63, 3.8) is 0 Å². The predicted octanol–water partition coefficient (Wildman–Crippen LogP) is 3.81. The largest absolute Gasteiger partial charge is 0.348 e. The molecule has 0 aliphatic carbocycles. The van der Waals surface area contributed by atoms with Crippen molar-refractivity contribution in [2.45, 2.75) is 42.3 Å². The summed E-state index contributed by atoms with van der Waals surface area (Å²) in [7, 11) is -4.08. The number of nitrogens with zero attached hydrogens (tertiary/aromatic N) is 1. The number of hydrogen-bond acceptors (Lipinski definition) is 4. The topological polar surface area (TPSA) is 80.2 Å². The maximum Gasteiger partial charge on any atom is 0.268 e. The van der Waals surface area contributed by atoms with Gasteiger partial charge < -0.3 is 10.6 Å². The van der Waals surface area contributed by atoms with Gasteiger partial charge >= 0.3 is 0 Å². The highest BCUT2D eigenvalue weighted by Crippen LogP contribution is 2.32. The molecule has 166 valence electrons. The monoisotopic (exact) mass is 473 g/mol. The van der Waals surface area contributed by atoms with E-state index in [-0.39, 0.29) is 44.7 Å². The lowest BCUT2D eigenvalue weighted by molar-refractivity contribution is 0.0932. The Labute approximate surface area is 190 Å². The summed E-state index contributed by atoms with van der Waals surface area (Å²) in [6, 6.07) is 13.5. The maximum atomic E-state index is 14.0. The van der Waals surface area contributed by atoms with Crippen LogP contribution in [0, 0.1) is 5.82 Å². The SMILES string of the molecule is O=C(NC1CC2CCC1N2)c1ccn(S(=O)(=O)c2cccc(Cl)c2)c1-c1cccc(F)c1. The fourth-order valence-corrected chi connectivity index (χ4v) is 6.36. The van der Waals surface area contributed by atoms with Crippen LogP contribution in [0.2, 0.25) is 5.02 Å². The Bertz CT molecular complexity index is 1310. The van der Waals surface area contributed by atoms with E-state index < -0.39 is 15.8 Å². The van der Waals surface area contributed by atoms with Crippen molar-refractivity contribution in [3.8, 4) is 11.3 Å². The zero-order chi connectivity index (χ0) is 22.5. The molecule has 0 radical (unpaired) electrons. The van der Waals surface area contributed by atoms with Gasteiger partial charge in [-0.05, 0) is 55.7 Å². The summed E-state index contributed by atoms with van der Waals surface area (Å²) in [6.07, 6.45) is 4.26. The smallest absolute Gasteiger partial charge is 0.268 e. The molecule has 2 aromatic carbocycles. The average molecular weight is 474 g/mol. The normalized spacial score (nSPS) is 22.2. The van der Waals surface area contributed by atoms with Gasteiger partial charge in [0.1, 0.15) is 5.82 Å². The van der Waals surface area contributed by atoms with E-state index in [0.29, 0.717) is 6.04 Å². The lowest BCUT2D eigenvalue weighted by atomic mass is 9.95. The second kappa shape index (κ2) is 8.03. The van der Waals surface area contributed by atoms with E-state index in [1.165, 1.54) is 48.7 Å². The van der Waals surface area contributed by atoms with Gasteiger partial charge in [-0.15, -0.1) is 0 Å². The Balaban J connectivity index is 1.59. The molecule has 32 heavy (non-hydrogen) atoms. The third-order valence-electron chi connectivity index (χ3n) is 6.16. The molecule has 2 aliphatic rings. The Kier molecular flexibility index (Phi) is 5.31. The molecule has 6 nitrogen and oxygen atoms in total. The van der Waals surface area contributed by atoms with E-state index in [2.05, 4.69) is 10.6 Å². The standard InChI is InChI=1S/C23H21ClFN3O3S/c24-15-4-2-6-18(12-15)32(30,31)28-10-9-19(22(28)14-3-1-5-16(25)11-14)23(29)27-21-13-17-7-8-20(21)26-17/h1-6,9-12,17,20-21,26H,7-8,13H2,(H,27,29). The van der Waals surface area contributed by atoms with Crippen LogP contribution in [-0.2, 0) is 10.0 Å². The second-order valence-corrected chi connectivity index (χ2v) is 10.5. The fraction of sp³-hybridized carbons (Fsp3) is 0.261. The molecule has 1 amide bonds. The van der Waals surface area contributed by atoms with Gasteiger partial charge in [-0.25, -0.2) is 16.8 Å². The molecule has 3 unspecified atom stereocenters. The van der Waals surface area contributed by atoms with Crippen LogP contribution in [0.5, 0.6) is 0 Å². The summed E-state index contributed by atoms with van der Waals surface area (Å²) in [4.78, 5) is 13.2. The van der Waals surface area contributed by atoms with E-state index >= 15 is 0 Å². The molecule has 3 heterocycles. The molecule has 2 N–H and O–H groups in total. The lowest BCUT2D eigenvalue weighted by Crippen LogP contribution is -2.43. The molecule has 2 fully saturated rings. The molecular formula is C23H21ClFN3O3S. The molecule has 3 aromatic rings. The number of carbonyl (C=O) groups excluding carboxylic acids is 1. The van der Waals surface area contributed by atoms with Gasteiger partial charge in [-0.2, -0.15) is 0 Å². The number of rotatable bonds is 5. The van der Waals surface area contributed by atoms with Gasteiger partial charge in [-0.3, -0.25) is 4.79 Å². The van der Waals surface area contributed by atoms with E-state index in [4.69, 9.17) is 11.6 Å². The minimum absolute atomic E-state index is 0.0190. The van der Waals surface area contributed by atoms with Gasteiger partial charge in [0.2, 0.25) is 0 Å². The zero-order valence-electron chi connectivity index (χ0n) is 17.0. The second-order valence-electron chi connectivity index (χ2n) is 8.21. The third-order valence-corrected chi connectivity index (χ3v) is 8.07. The quantitative estimate of drug-likeness (QED) is 0.590. The minimum atomic E-state index is -4.08. The Hall–Kier alpha value is -2.68. The molecule has 2 aliphatic heterocycles. The van der Waals surface area contributed by atoms with Crippen LogP contribution < -0.4 is 10.6 Å². The van der Waals surface area contributed by atoms with E-state index in [9.17, 15) is 17.6 Å². The van der Waals surface area contributed by atoms with Crippen molar-refractivity contribution in [1.29, 1.82) is 0 Å². The minimum Gasteiger partial charge on any atom is -0.348 e. The van der Waals surface area contributed by atoms with Gasteiger partial charge in [0.15, 0.2) is 0 Å². The molecule has 0 spiro atoms. The van der Waals surface area contributed by atoms with Crippen LogP contribution in [0.1, 0.15) is 29.6 Å². The van der Waals surface area contributed by atoms with Gasteiger partial charge in [-0.1, -0.05) is 29.8 Å². The molecule has 9 heteroatoms. The number of amides is 1. The van der Waals surface area contributed by atoms with Crippen molar-refractivity contribution >= 4 is 27.5 Å². The van der Waals surface area contributed by atoms with Crippen LogP contribution in [0.15, 0.2) is 65.7 Å². The first-order valence-corrected chi connectivity index (χ1v) is 12.2. The van der Waals surface area contributed by atoms with E-state index in [1.54, 1.807) is 12.1 Å². The number of carbonyl (C=O) groups is 1. The number of benzene rings is 2. The van der Waals surface area contributed by atoms with Gasteiger partial charge in [0.05, 0.1) is 16.2 Å². The molecule has 5 rings (SSSR count). The maximum absolute atomic E-state index is 14.0. The number of nitrogens with one attached hydrogen (secondary N) is 2. The van der Waals surface area contributed by atoms with Crippen LogP contribution in [-0.4, -0.2) is 36.4 Å². The summed E-state index contributed by atoms with van der Waals surface area (Å²) >= 11 is 6.00. The number of hydrogen-bond donors (Lipinski definition) is 2.